The van der Waals surface area contributed by atoms with Crippen LogP contribution in [0, 0.1) is 0 Å². The summed E-state index contributed by atoms with van der Waals surface area (Å²) in [5, 5.41) is 0. The van der Waals surface area contributed by atoms with Gasteiger partial charge in [-0.3, -0.25) is 9.59 Å². The fourth-order valence-corrected chi connectivity index (χ4v) is 1.83. The van der Waals surface area contributed by atoms with E-state index in [4.69, 9.17) is 0 Å². The number of nitrogens with zero attached hydrogens (tertiary/aromatic N) is 2. The van der Waals surface area contributed by atoms with E-state index in [-0.39, 0.29) is 18.2 Å². The normalized spacial score (nSPS) is 18.0. The van der Waals surface area contributed by atoms with Gasteiger partial charge < -0.3 is 4.90 Å². The van der Waals surface area contributed by atoms with Gasteiger partial charge in [0.15, 0.2) is 0 Å². The lowest BCUT2D eigenvalue weighted by atomic mass is 10.2. The largest absolute Gasteiger partial charge is 0.383 e. The molecule has 0 aromatic heterocycles. The number of amides is 2. The Labute approximate surface area is 100 Å². The minimum atomic E-state index is -0.227. The number of carbonyl (C=O) groups excluding carboxylic acids is 2. The number of carbonyl (C=O) groups is 2. The van der Waals surface area contributed by atoms with E-state index in [1.807, 2.05) is 32.3 Å². The molecule has 4 heteroatoms. The van der Waals surface area contributed by atoms with Crippen molar-refractivity contribution >= 4 is 17.5 Å². The summed E-state index contributed by atoms with van der Waals surface area (Å²) in [7, 11) is 3.66. The Balaban J connectivity index is 2.33. The third-order valence-corrected chi connectivity index (χ3v) is 2.50. The maximum absolute atomic E-state index is 12.1. The van der Waals surface area contributed by atoms with Crippen LogP contribution in [0.5, 0.6) is 0 Å². The first-order chi connectivity index (χ1) is 8.09. The molecule has 0 aliphatic carbocycles. The number of para-hydroxylation sites is 1. The van der Waals surface area contributed by atoms with E-state index >= 15 is 0 Å². The van der Waals surface area contributed by atoms with Gasteiger partial charge in [-0.2, -0.15) is 0 Å². The second-order valence-corrected chi connectivity index (χ2v) is 4.16. The Morgan fingerprint density at radius 2 is 1.82 bits per heavy atom. The number of benzene rings is 1. The lowest BCUT2D eigenvalue weighted by molar-refractivity contribution is -0.120. The molecule has 4 nitrogen and oxygen atoms in total. The highest BCUT2D eigenvalue weighted by Crippen LogP contribution is 2.25. The van der Waals surface area contributed by atoms with Gasteiger partial charge in [-0.05, 0) is 12.1 Å². The summed E-state index contributed by atoms with van der Waals surface area (Å²) < 4.78 is 0. The molecule has 1 aromatic carbocycles. The van der Waals surface area contributed by atoms with Gasteiger partial charge >= 0.3 is 0 Å². The molecule has 17 heavy (non-hydrogen) atoms. The van der Waals surface area contributed by atoms with E-state index in [0.29, 0.717) is 11.3 Å². The fourth-order valence-electron chi connectivity index (χ4n) is 1.83. The van der Waals surface area contributed by atoms with Gasteiger partial charge in [0.05, 0.1) is 12.1 Å². The minimum absolute atomic E-state index is 0.172. The third kappa shape index (κ3) is 2.20. The average molecular weight is 230 g/mol. The molecule has 1 aliphatic rings. The number of hydrogen-bond donors (Lipinski definition) is 0. The van der Waals surface area contributed by atoms with Crippen molar-refractivity contribution in [3.8, 4) is 0 Å². The highest BCUT2D eigenvalue weighted by atomic mass is 16.2. The Morgan fingerprint density at radius 3 is 2.41 bits per heavy atom. The van der Waals surface area contributed by atoms with E-state index in [1.54, 1.807) is 23.2 Å². The maximum atomic E-state index is 12.1. The van der Waals surface area contributed by atoms with Crippen LogP contribution in [-0.2, 0) is 9.59 Å². The van der Waals surface area contributed by atoms with Crippen LogP contribution in [0.1, 0.15) is 6.42 Å². The van der Waals surface area contributed by atoms with Gasteiger partial charge in [0.2, 0.25) is 5.91 Å². The second kappa shape index (κ2) is 4.41. The molecule has 0 radical (unpaired) electrons. The quantitative estimate of drug-likeness (QED) is 0.569. The van der Waals surface area contributed by atoms with E-state index < -0.39 is 0 Å². The van der Waals surface area contributed by atoms with Crippen LogP contribution in [0.4, 0.5) is 5.69 Å². The van der Waals surface area contributed by atoms with Crippen molar-refractivity contribution in [2.45, 2.75) is 6.42 Å². The first-order valence-electron chi connectivity index (χ1n) is 5.39. The lowest BCUT2D eigenvalue weighted by Gasteiger charge is -2.13. The molecule has 0 spiro atoms. The molecule has 0 atom stereocenters. The van der Waals surface area contributed by atoms with Crippen molar-refractivity contribution in [3.63, 3.8) is 0 Å². The van der Waals surface area contributed by atoms with Crippen LogP contribution >= 0.6 is 0 Å². The number of hydrogen-bond acceptors (Lipinski definition) is 3. The summed E-state index contributed by atoms with van der Waals surface area (Å²) in [6, 6.07) is 8.99. The third-order valence-electron chi connectivity index (χ3n) is 2.50. The summed E-state index contributed by atoms with van der Waals surface area (Å²) in [4.78, 5) is 26.9. The van der Waals surface area contributed by atoms with Gasteiger partial charge in [-0.15, -0.1) is 0 Å². The predicted molar refractivity (Wildman–Crippen MR) is 65.3 cm³/mol. The maximum Gasteiger partial charge on any atom is 0.262 e. The smallest absolute Gasteiger partial charge is 0.262 e. The van der Waals surface area contributed by atoms with Crippen molar-refractivity contribution in [2.75, 3.05) is 19.0 Å². The van der Waals surface area contributed by atoms with Crippen LogP contribution in [-0.4, -0.2) is 30.8 Å². The van der Waals surface area contributed by atoms with Gasteiger partial charge in [0.1, 0.15) is 0 Å². The van der Waals surface area contributed by atoms with Crippen LogP contribution in [0.25, 0.3) is 0 Å². The summed E-state index contributed by atoms with van der Waals surface area (Å²) >= 11 is 0. The summed E-state index contributed by atoms with van der Waals surface area (Å²) in [6.45, 7) is 0. The van der Waals surface area contributed by atoms with E-state index in [0.717, 1.165) is 0 Å². The van der Waals surface area contributed by atoms with Crippen LogP contribution < -0.4 is 4.90 Å². The van der Waals surface area contributed by atoms with Crippen molar-refractivity contribution in [3.05, 3.63) is 42.1 Å². The van der Waals surface area contributed by atoms with Crippen LogP contribution in [0.3, 0.4) is 0 Å². The van der Waals surface area contributed by atoms with Crippen LogP contribution in [0.2, 0.25) is 0 Å². The molecule has 1 heterocycles. The fraction of sp³-hybridized carbons (Fsp3) is 0.231. The van der Waals surface area contributed by atoms with E-state index in [1.165, 1.54) is 4.90 Å². The van der Waals surface area contributed by atoms with Crippen LogP contribution in [0.15, 0.2) is 42.1 Å². The Kier molecular flexibility index (Phi) is 2.95. The second-order valence-electron chi connectivity index (χ2n) is 4.16. The monoisotopic (exact) mass is 230 g/mol. The van der Waals surface area contributed by atoms with Crippen molar-refractivity contribution < 1.29 is 9.59 Å². The Hall–Kier alpha value is -2.10. The molecule has 0 N–H and O–H groups in total. The SMILES string of the molecule is CN(C)C=C1CC(=O)N(c2ccccc2)C1=O. The molecule has 2 amide bonds. The molecule has 2 rings (SSSR count). The highest BCUT2D eigenvalue weighted by Gasteiger charge is 2.34. The van der Waals surface area contributed by atoms with Gasteiger partial charge in [-0.1, -0.05) is 18.2 Å². The average Bonchev–Trinajstić information content (AvgIpc) is 2.54. The molecule has 0 unspecified atom stereocenters. The standard InChI is InChI=1S/C13H14N2O2/c1-14(2)9-10-8-12(16)15(13(10)17)11-6-4-3-5-7-11/h3-7,9H,8H2,1-2H3. The van der Waals surface area contributed by atoms with Gasteiger partial charge in [-0.25, -0.2) is 4.90 Å². The topological polar surface area (TPSA) is 40.6 Å². The number of imide groups is 1. The van der Waals surface area contributed by atoms with Crippen molar-refractivity contribution in [2.24, 2.45) is 0 Å². The minimum Gasteiger partial charge on any atom is -0.383 e. The molecular formula is C13H14N2O2. The molecule has 0 saturated carbocycles. The van der Waals surface area contributed by atoms with E-state index in [9.17, 15) is 9.59 Å². The first-order valence-corrected chi connectivity index (χ1v) is 5.39. The summed E-state index contributed by atoms with van der Waals surface area (Å²) in [6.07, 6.45) is 1.87. The molecule has 0 bridgehead atoms. The predicted octanol–water partition coefficient (Wildman–Crippen LogP) is 1.40. The zero-order chi connectivity index (χ0) is 12.4. The molecule has 1 saturated heterocycles. The zero-order valence-corrected chi connectivity index (χ0v) is 9.88. The Bertz CT molecular complexity index is 477. The van der Waals surface area contributed by atoms with E-state index in [2.05, 4.69) is 0 Å². The molecule has 1 fully saturated rings. The Morgan fingerprint density at radius 1 is 1.18 bits per heavy atom. The van der Waals surface area contributed by atoms with Crippen molar-refractivity contribution in [1.29, 1.82) is 0 Å². The van der Waals surface area contributed by atoms with Gasteiger partial charge in [0, 0.05) is 25.9 Å². The summed E-state index contributed by atoms with van der Waals surface area (Å²) in [5.74, 6) is -0.399. The van der Waals surface area contributed by atoms with Crippen molar-refractivity contribution in [1.82, 2.24) is 4.90 Å². The zero-order valence-electron chi connectivity index (χ0n) is 9.88. The number of rotatable bonds is 2. The molecule has 1 aromatic rings. The first kappa shape index (κ1) is 11.4. The number of anilines is 1. The summed E-state index contributed by atoms with van der Waals surface area (Å²) in [5.41, 5.74) is 1.16. The molecule has 88 valence electrons. The van der Waals surface area contributed by atoms with Gasteiger partial charge in [0.25, 0.3) is 5.91 Å². The molecular weight excluding hydrogens is 216 g/mol. The lowest BCUT2D eigenvalue weighted by Crippen LogP contribution is -2.29. The highest BCUT2D eigenvalue weighted by molar-refractivity contribution is 6.28. The molecule has 1 aliphatic heterocycles.